The summed E-state index contributed by atoms with van der Waals surface area (Å²) in [7, 11) is 0. The van der Waals surface area contributed by atoms with Crippen LogP contribution < -0.4 is 5.32 Å². The summed E-state index contributed by atoms with van der Waals surface area (Å²) in [5.74, 6) is -0.968. The molecule has 29 heavy (non-hydrogen) atoms. The molecule has 150 valence electrons. The number of carbonyl (C=O) groups excluding carboxylic acids is 2. The quantitative estimate of drug-likeness (QED) is 0.617. The number of esters is 1. The molecule has 0 aliphatic rings. The van der Waals surface area contributed by atoms with Crippen LogP contribution in [0.2, 0.25) is 5.02 Å². The average molecular weight is 412 g/mol. The van der Waals surface area contributed by atoms with Crippen LogP contribution in [0.15, 0.2) is 54.6 Å². The van der Waals surface area contributed by atoms with Crippen molar-refractivity contribution < 1.29 is 14.3 Å². The Labute approximate surface area is 174 Å². The molecule has 0 saturated carbocycles. The minimum atomic E-state index is -0.576. The first-order chi connectivity index (χ1) is 13.9. The molecule has 0 saturated heterocycles. The van der Waals surface area contributed by atoms with Crippen molar-refractivity contribution in [1.82, 2.24) is 15.1 Å². The van der Waals surface area contributed by atoms with Crippen LogP contribution in [0.5, 0.6) is 0 Å². The molecule has 0 unspecified atom stereocenters. The molecule has 1 N–H and O–H groups in total. The van der Waals surface area contributed by atoms with Gasteiger partial charge in [-0.25, -0.2) is 9.48 Å². The smallest absolute Gasteiger partial charge is 0.342 e. The maximum absolute atomic E-state index is 12.6. The minimum Gasteiger partial charge on any atom is -0.452 e. The van der Waals surface area contributed by atoms with E-state index in [1.807, 2.05) is 49.4 Å². The Morgan fingerprint density at radius 2 is 1.86 bits per heavy atom. The Morgan fingerprint density at radius 3 is 2.55 bits per heavy atom. The predicted octanol–water partition coefficient (Wildman–Crippen LogP) is 4.18. The SMILES string of the molecule is Cc1nn(-c2ccccc2)c(C)c1C(=O)OCC(=O)N[C@@H](C)c1cccc(Cl)c1. The number of halogens is 1. The molecule has 3 aromatic rings. The number of hydrogen-bond acceptors (Lipinski definition) is 4. The third-order valence-corrected chi connectivity index (χ3v) is 4.79. The number of rotatable bonds is 6. The number of aryl methyl sites for hydroxylation is 1. The molecular formula is C22H22ClN3O3. The van der Waals surface area contributed by atoms with Crippen molar-refractivity contribution in [2.75, 3.05) is 6.61 Å². The molecule has 7 heteroatoms. The van der Waals surface area contributed by atoms with Crippen molar-refractivity contribution in [3.05, 3.63) is 82.1 Å². The van der Waals surface area contributed by atoms with Crippen molar-refractivity contribution in [2.45, 2.75) is 26.8 Å². The molecule has 1 heterocycles. The third kappa shape index (κ3) is 4.84. The van der Waals surface area contributed by atoms with E-state index in [-0.39, 0.29) is 12.6 Å². The minimum absolute atomic E-state index is 0.260. The summed E-state index contributed by atoms with van der Waals surface area (Å²) >= 11 is 5.98. The zero-order valence-corrected chi connectivity index (χ0v) is 17.2. The number of nitrogens with one attached hydrogen (secondary N) is 1. The maximum Gasteiger partial charge on any atom is 0.342 e. The Morgan fingerprint density at radius 1 is 1.14 bits per heavy atom. The molecule has 0 radical (unpaired) electrons. The molecule has 0 spiro atoms. The topological polar surface area (TPSA) is 73.2 Å². The van der Waals surface area contributed by atoms with Gasteiger partial charge in [0, 0.05) is 5.02 Å². The van der Waals surface area contributed by atoms with Crippen LogP contribution >= 0.6 is 11.6 Å². The molecule has 0 bridgehead atoms. The lowest BCUT2D eigenvalue weighted by Crippen LogP contribution is -2.31. The summed E-state index contributed by atoms with van der Waals surface area (Å²) in [6, 6.07) is 16.5. The molecule has 3 rings (SSSR count). The Kier molecular flexibility index (Phi) is 6.34. The van der Waals surface area contributed by atoms with Gasteiger partial charge < -0.3 is 10.1 Å². The molecular weight excluding hydrogens is 390 g/mol. The van der Waals surface area contributed by atoms with Crippen LogP contribution in [0.25, 0.3) is 5.69 Å². The molecule has 0 aliphatic heterocycles. The van der Waals surface area contributed by atoms with E-state index >= 15 is 0 Å². The average Bonchev–Trinajstić information content (AvgIpc) is 3.01. The highest BCUT2D eigenvalue weighted by Gasteiger charge is 2.22. The van der Waals surface area contributed by atoms with Crippen LogP contribution in [0.1, 0.15) is 40.3 Å². The van der Waals surface area contributed by atoms with Crippen LogP contribution in [-0.4, -0.2) is 28.3 Å². The normalized spacial score (nSPS) is 11.7. The molecule has 2 aromatic carbocycles. The fraction of sp³-hybridized carbons (Fsp3) is 0.227. The van der Waals surface area contributed by atoms with Crippen molar-refractivity contribution >= 4 is 23.5 Å². The second kappa shape index (κ2) is 8.92. The van der Waals surface area contributed by atoms with E-state index < -0.39 is 11.9 Å². The number of carbonyl (C=O) groups is 2. The van der Waals surface area contributed by atoms with Gasteiger partial charge in [0.1, 0.15) is 5.56 Å². The van der Waals surface area contributed by atoms with E-state index in [9.17, 15) is 9.59 Å². The van der Waals surface area contributed by atoms with Gasteiger partial charge in [-0.2, -0.15) is 5.10 Å². The number of hydrogen-bond donors (Lipinski definition) is 1. The Bertz CT molecular complexity index is 1030. The monoisotopic (exact) mass is 411 g/mol. The van der Waals surface area contributed by atoms with Crippen LogP contribution in [0.3, 0.4) is 0 Å². The Balaban J connectivity index is 1.64. The first-order valence-electron chi connectivity index (χ1n) is 9.20. The largest absolute Gasteiger partial charge is 0.452 e. The number of nitrogens with zero attached hydrogens (tertiary/aromatic N) is 2. The second-order valence-electron chi connectivity index (χ2n) is 6.71. The highest BCUT2D eigenvalue weighted by atomic mass is 35.5. The Hall–Kier alpha value is -3.12. The first-order valence-corrected chi connectivity index (χ1v) is 9.58. The molecule has 1 atom stereocenters. The first kappa shape index (κ1) is 20.6. The lowest BCUT2D eigenvalue weighted by atomic mass is 10.1. The van der Waals surface area contributed by atoms with E-state index in [4.69, 9.17) is 16.3 Å². The summed E-state index contributed by atoms with van der Waals surface area (Å²) in [5, 5.41) is 7.82. The number of amides is 1. The van der Waals surface area contributed by atoms with Crippen molar-refractivity contribution in [3.63, 3.8) is 0 Å². The zero-order chi connectivity index (χ0) is 21.0. The molecule has 1 aromatic heterocycles. The summed E-state index contributed by atoms with van der Waals surface area (Å²) < 4.78 is 6.92. The van der Waals surface area contributed by atoms with Crippen molar-refractivity contribution in [3.8, 4) is 5.69 Å². The zero-order valence-electron chi connectivity index (χ0n) is 16.5. The fourth-order valence-corrected chi connectivity index (χ4v) is 3.30. The van der Waals surface area contributed by atoms with Crippen LogP contribution in [0, 0.1) is 13.8 Å². The number of para-hydroxylation sites is 1. The highest BCUT2D eigenvalue weighted by molar-refractivity contribution is 6.30. The predicted molar refractivity (Wildman–Crippen MR) is 111 cm³/mol. The summed E-state index contributed by atoms with van der Waals surface area (Å²) in [6.07, 6.45) is 0. The van der Waals surface area contributed by atoms with E-state index in [0.29, 0.717) is 22.0 Å². The number of benzene rings is 2. The van der Waals surface area contributed by atoms with E-state index in [2.05, 4.69) is 10.4 Å². The second-order valence-corrected chi connectivity index (χ2v) is 7.15. The van der Waals surface area contributed by atoms with Gasteiger partial charge >= 0.3 is 5.97 Å². The van der Waals surface area contributed by atoms with Gasteiger partial charge in [-0.05, 0) is 50.6 Å². The van der Waals surface area contributed by atoms with E-state index in [0.717, 1.165) is 11.3 Å². The van der Waals surface area contributed by atoms with Crippen molar-refractivity contribution in [1.29, 1.82) is 0 Å². The lowest BCUT2D eigenvalue weighted by Gasteiger charge is -2.14. The van der Waals surface area contributed by atoms with Gasteiger partial charge in [0.05, 0.1) is 23.1 Å². The number of aromatic nitrogens is 2. The maximum atomic E-state index is 12.6. The number of ether oxygens (including phenoxy) is 1. The third-order valence-electron chi connectivity index (χ3n) is 4.56. The van der Waals surface area contributed by atoms with Crippen LogP contribution in [0.4, 0.5) is 0 Å². The van der Waals surface area contributed by atoms with E-state index in [1.165, 1.54) is 0 Å². The van der Waals surface area contributed by atoms with Gasteiger partial charge in [0.25, 0.3) is 5.91 Å². The molecule has 0 aliphatic carbocycles. The lowest BCUT2D eigenvalue weighted by molar-refractivity contribution is -0.124. The fourth-order valence-electron chi connectivity index (χ4n) is 3.10. The van der Waals surface area contributed by atoms with E-state index in [1.54, 1.807) is 30.7 Å². The van der Waals surface area contributed by atoms with Gasteiger partial charge in [0.15, 0.2) is 6.61 Å². The molecule has 0 fully saturated rings. The van der Waals surface area contributed by atoms with Crippen LogP contribution in [-0.2, 0) is 9.53 Å². The molecule has 1 amide bonds. The summed E-state index contributed by atoms with van der Waals surface area (Å²) in [5.41, 5.74) is 3.29. The standard InChI is InChI=1S/C22H22ClN3O3/c1-14(17-8-7-9-18(23)12-17)24-20(27)13-29-22(28)21-15(2)25-26(16(21)3)19-10-5-4-6-11-19/h4-12,14H,13H2,1-3H3,(H,24,27)/t14-/m0/s1. The highest BCUT2D eigenvalue weighted by Crippen LogP contribution is 2.19. The van der Waals surface area contributed by atoms with Gasteiger partial charge in [-0.15, -0.1) is 0 Å². The van der Waals surface area contributed by atoms with Crippen molar-refractivity contribution in [2.24, 2.45) is 0 Å². The van der Waals surface area contributed by atoms with Gasteiger partial charge in [0.2, 0.25) is 0 Å². The van der Waals surface area contributed by atoms with Gasteiger partial charge in [-0.1, -0.05) is 41.9 Å². The molecule has 6 nitrogen and oxygen atoms in total. The van der Waals surface area contributed by atoms with Gasteiger partial charge in [-0.3, -0.25) is 4.79 Å². The summed E-state index contributed by atoms with van der Waals surface area (Å²) in [6.45, 7) is 5.00. The summed E-state index contributed by atoms with van der Waals surface area (Å²) in [4.78, 5) is 24.8.